The van der Waals surface area contributed by atoms with Gasteiger partial charge in [-0.05, 0) is 47.7 Å². The molecule has 0 radical (unpaired) electrons. The number of benzene rings is 2. The van der Waals surface area contributed by atoms with Gasteiger partial charge < -0.3 is 16.3 Å². The number of hydrogen-bond donors (Lipinski definition) is 3. The fourth-order valence-electron chi connectivity index (χ4n) is 3.03. The van der Waals surface area contributed by atoms with Gasteiger partial charge in [0.15, 0.2) is 5.84 Å². The molecule has 146 valence electrons. The number of hydrazone groups is 1. The minimum absolute atomic E-state index is 0.398. The predicted molar refractivity (Wildman–Crippen MR) is 111 cm³/mol. The molecule has 0 aliphatic carbocycles. The maximum absolute atomic E-state index is 6.14. The van der Waals surface area contributed by atoms with E-state index in [0.717, 1.165) is 28.9 Å². The van der Waals surface area contributed by atoms with Gasteiger partial charge in [0.05, 0.1) is 6.61 Å². The van der Waals surface area contributed by atoms with Crippen molar-refractivity contribution in [3.8, 4) is 5.75 Å². The number of amidine groups is 1. The molecule has 6 nitrogen and oxygen atoms in total. The molecule has 0 fully saturated rings. The monoisotopic (exact) mass is 369 g/mol. The van der Waals surface area contributed by atoms with Crippen LogP contribution in [0.2, 0.25) is 0 Å². The minimum Gasteiger partial charge on any atom is -0.493 e. The van der Waals surface area contributed by atoms with Gasteiger partial charge in [0.2, 0.25) is 0 Å². The van der Waals surface area contributed by atoms with Gasteiger partial charge in [0.1, 0.15) is 5.75 Å². The number of hydrogen-bond acceptors (Lipinski definition) is 5. The van der Waals surface area contributed by atoms with Gasteiger partial charge in [-0.3, -0.25) is 5.01 Å². The summed E-state index contributed by atoms with van der Waals surface area (Å²) in [7, 11) is 0. The fourth-order valence-corrected chi connectivity index (χ4v) is 3.03. The van der Waals surface area contributed by atoms with E-state index in [9.17, 15) is 0 Å². The van der Waals surface area contributed by atoms with E-state index < -0.39 is 0 Å². The topological polar surface area (TPSA) is 103 Å². The summed E-state index contributed by atoms with van der Waals surface area (Å²) >= 11 is 0. The van der Waals surface area contributed by atoms with Gasteiger partial charge in [-0.2, -0.15) is 5.10 Å². The molecule has 2 aromatic carbocycles. The van der Waals surface area contributed by atoms with Crippen LogP contribution >= 0.6 is 0 Å². The van der Waals surface area contributed by atoms with Crippen molar-refractivity contribution in [3.05, 3.63) is 64.7 Å². The first-order valence-corrected chi connectivity index (χ1v) is 9.26. The van der Waals surface area contributed by atoms with Crippen LogP contribution in [0.25, 0.3) is 0 Å². The zero-order valence-electron chi connectivity index (χ0n) is 16.5. The second-order valence-electron chi connectivity index (χ2n) is 7.10. The number of hydrazine groups is 1. The first-order chi connectivity index (χ1) is 12.9. The summed E-state index contributed by atoms with van der Waals surface area (Å²) in [5.41, 5.74) is 10.1. The van der Waals surface area contributed by atoms with E-state index in [-0.39, 0.29) is 0 Å². The lowest BCUT2D eigenvalue weighted by Crippen LogP contribution is -2.41. The number of nitrogens with two attached hydrogens (primary N) is 3. The molecule has 6 N–H and O–H groups in total. The van der Waals surface area contributed by atoms with Crippen LogP contribution in [-0.4, -0.2) is 24.0 Å². The number of aryl methyl sites for hydroxylation is 1. The maximum atomic E-state index is 6.14. The minimum atomic E-state index is 0.398. The maximum Gasteiger partial charge on any atom is 0.169 e. The normalized spacial score (nSPS) is 11.7. The zero-order chi connectivity index (χ0) is 19.8. The number of ether oxygens (including phenoxy) is 1. The van der Waals surface area contributed by atoms with Crippen molar-refractivity contribution in [2.75, 3.05) is 13.2 Å². The predicted octanol–water partition coefficient (Wildman–Crippen LogP) is 2.53. The van der Waals surface area contributed by atoms with E-state index in [4.69, 9.17) is 22.2 Å². The lowest BCUT2D eigenvalue weighted by atomic mass is 10.1. The Morgan fingerprint density at radius 1 is 1.15 bits per heavy atom. The highest BCUT2D eigenvalue weighted by Crippen LogP contribution is 2.19. The van der Waals surface area contributed by atoms with Crippen LogP contribution in [0, 0.1) is 12.8 Å². The van der Waals surface area contributed by atoms with Gasteiger partial charge in [-0.1, -0.05) is 38.1 Å². The van der Waals surface area contributed by atoms with Gasteiger partial charge in [-0.25, -0.2) is 5.84 Å². The van der Waals surface area contributed by atoms with E-state index in [1.807, 2.05) is 37.3 Å². The molecule has 0 heterocycles. The van der Waals surface area contributed by atoms with Crippen LogP contribution in [0.3, 0.4) is 0 Å². The Labute approximate surface area is 162 Å². The molecule has 0 bridgehead atoms. The summed E-state index contributed by atoms with van der Waals surface area (Å²) in [5.74, 6) is 13.5. The van der Waals surface area contributed by atoms with Crippen LogP contribution in [0.4, 0.5) is 0 Å². The number of rotatable bonds is 8. The molecular weight excluding hydrogens is 338 g/mol. The Hall–Kier alpha value is -2.57. The molecule has 0 saturated carbocycles. The van der Waals surface area contributed by atoms with Gasteiger partial charge in [0, 0.05) is 25.1 Å². The molecule has 0 saturated heterocycles. The molecule has 0 aromatic heterocycles. The van der Waals surface area contributed by atoms with E-state index in [2.05, 4.69) is 31.1 Å². The first-order valence-electron chi connectivity index (χ1n) is 9.26. The molecule has 6 heteroatoms. The van der Waals surface area contributed by atoms with E-state index in [1.54, 1.807) is 5.01 Å². The van der Waals surface area contributed by atoms with Gasteiger partial charge in [-0.15, -0.1) is 0 Å². The van der Waals surface area contributed by atoms with Crippen molar-refractivity contribution in [1.29, 1.82) is 0 Å². The summed E-state index contributed by atoms with van der Waals surface area (Å²) in [6, 6.07) is 14.1. The summed E-state index contributed by atoms with van der Waals surface area (Å²) in [5, 5.41) is 5.48. The third-order valence-electron chi connectivity index (χ3n) is 4.24. The highest BCUT2D eigenvalue weighted by molar-refractivity contribution is 5.98. The molecule has 27 heavy (non-hydrogen) atoms. The second kappa shape index (κ2) is 9.94. The van der Waals surface area contributed by atoms with E-state index in [0.29, 0.717) is 31.4 Å². The largest absolute Gasteiger partial charge is 0.493 e. The molecule has 2 rings (SSSR count). The first kappa shape index (κ1) is 20.7. The molecule has 0 atom stereocenters. The smallest absolute Gasteiger partial charge is 0.169 e. The molecule has 0 spiro atoms. The Kier molecular flexibility index (Phi) is 7.64. The average Bonchev–Trinajstić information content (AvgIpc) is 2.61. The SMILES string of the molecule is Cc1cc(OCCc2ccccc2CN)cc(/C(=N/N)N(N)CC(C)C)c1. The van der Waals surface area contributed by atoms with Crippen molar-refractivity contribution in [2.24, 2.45) is 28.4 Å². The van der Waals surface area contributed by atoms with Crippen molar-refractivity contribution in [2.45, 2.75) is 33.7 Å². The lowest BCUT2D eigenvalue weighted by molar-refractivity contribution is 0.321. The highest BCUT2D eigenvalue weighted by Gasteiger charge is 2.13. The van der Waals surface area contributed by atoms with Crippen LogP contribution in [-0.2, 0) is 13.0 Å². The third-order valence-corrected chi connectivity index (χ3v) is 4.24. The highest BCUT2D eigenvalue weighted by atomic mass is 16.5. The standard InChI is InChI=1S/C21H31N5O/c1-15(2)14-26(24)21(25-23)19-10-16(3)11-20(12-19)27-9-8-17-6-4-5-7-18(17)13-22/h4-7,10-12,15H,8-9,13-14,22-24H2,1-3H3/b25-21-. The summed E-state index contributed by atoms with van der Waals surface area (Å²) in [6.07, 6.45) is 0.796. The van der Waals surface area contributed by atoms with Crippen LogP contribution in [0.5, 0.6) is 5.75 Å². The summed E-state index contributed by atoms with van der Waals surface area (Å²) in [6.45, 7) is 7.96. The summed E-state index contributed by atoms with van der Waals surface area (Å²) in [4.78, 5) is 0. The Morgan fingerprint density at radius 3 is 2.48 bits per heavy atom. The lowest BCUT2D eigenvalue weighted by Gasteiger charge is -2.22. The second-order valence-corrected chi connectivity index (χ2v) is 7.10. The number of nitrogens with zero attached hydrogens (tertiary/aromatic N) is 2. The Morgan fingerprint density at radius 2 is 1.85 bits per heavy atom. The molecule has 2 aromatic rings. The average molecular weight is 370 g/mol. The van der Waals surface area contributed by atoms with Crippen LogP contribution in [0.15, 0.2) is 47.6 Å². The molecule has 0 aliphatic rings. The fraction of sp³-hybridized carbons (Fsp3) is 0.381. The third kappa shape index (κ3) is 5.98. The molecular formula is C21H31N5O. The van der Waals surface area contributed by atoms with Crippen LogP contribution < -0.4 is 22.2 Å². The molecule has 0 amide bonds. The van der Waals surface area contributed by atoms with Gasteiger partial charge >= 0.3 is 0 Å². The quantitative estimate of drug-likeness (QED) is 0.287. The van der Waals surface area contributed by atoms with Crippen molar-refractivity contribution in [1.82, 2.24) is 5.01 Å². The zero-order valence-corrected chi connectivity index (χ0v) is 16.5. The van der Waals surface area contributed by atoms with Gasteiger partial charge in [0.25, 0.3) is 0 Å². The summed E-state index contributed by atoms with van der Waals surface area (Å²) < 4.78 is 5.99. The van der Waals surface area contributed by atoms with Crippen molar-refractivity contribution < 1.29 is 4.74 Å². The van der Waals surface area contributed by atoms with E-state index in [1.165, 1.54) is 5.56 Å². The molecule has 0 unspecified atom stereocenters. The Bertz CT molecular complexity index is 773. The van der Waals surface area contributed by atoms with Crippen LogP contribution in [0.1, 0.15) is 36.1 Å². The Balaban J connectivity index is 2.10. The van der Waals surface area contributed by atoms with Crippen molar-refractivity contribution >= 4 is 5.84 Å². The molecule has 0 aliphatic heterocycles. The van der Waals surface area contributed by atoms with Crippen molar-refractivity contribution in [3.63, 3.8) is 0 Å². The van der Waals surface area contributed by atoms with E-state index >= 15 is 0 Å².